The van der Waals surface area contributed by atoms with Gasteiger partial charge in [0, 0.05) is 30.2 Å². The molecular formula is C20H19F6N7O. The molecule has 2 aliphatic rings. The molecule has 1 aliphatic carbocycles. The topological polar surface area (TPSA) is 96.2 Å². The van der Waals surface area contributed by atoms with E-state index in [0.717, 1.165) is 24.2 Å². The van der Waals surface area contributed by atoms with Crippen molar-refractivity contribution in [1.82, 2.24) is 24.8 Å². The van der Waals surface area contributed by atoms with Gasteiger partial charge in [-0.2, -0.15) is 36.4 Å². The molecule has 182 valence electrons. The molecule has 0 spiro atoms. The highest BCUT2D eigenvalue weighted by atomic mass is 19.4. The summed E-state index contributed by atoms with van der Waals surface area (Å²) in [6.07, 6.45) is -5.63. The smallest absolute Gasteiger partial charge is 0.337 e. The Morgan fingerprint density at radius 1 is 1.15 bits per heavy atom. The van der Waals surface area contributed by atoms with Crippen molar-refractivity contribution < 1.29 is 30.9 Å². The van der Waals surface area contributed by atoms with Crippen LogP contribution in [0.25, 0.3) is 5.57 Å². The number of nitrogens with zero attached hydrogens (tertiary/aromatic N) is 6. The summed E-state index contributed by atoms with van der Waals surface area (Å²) in [5.74, 6) is -0.542. The average molecular weight is 487 g/mol. The molecule has 0 saturated carbocycles. The summed E-state index contributed by atoms with van der Waals surface area (Å²) >= 11 is 0. The predicted molar refractivity (Wildman–Crippen MR) is 108 cm³/mol. The van der Waals surface area contributed by atoms with Crippen LogP contribution in [0.5, 0.6) is 0 Å². The summed E-state index contributed by atoms with van der Waals surface area (Å²) in [6.45, 7) is 1.12. The van der Waals surface area contributed by atoms with Crippen molar-refractivity contribution in [3.05, 3.63) is 46.3 Å². The Hall–Kier alpha value is -3.45. The lowest BCUT2D eigenvalue weighted by Gasteiger charge is -2.28. The normalized spacial score (nSPS) is 18.4. The molecule has 0 fully saturated rings. The number of aliphatic imine (C=N–C) groups is 1. The molecule has 14 heteroatoms. The zero-order chi connectivity index (χ0) is 24.8. The second-order valence-corrected chi connectivity index (χ2v) is 7.87. The summed E-state index contributed by atoms with van der Waals surface area (Å²) in [5.41, 5.74) is -1.42. The molecule has 0 atom stereocenters. The van der Waals surface area contributed by atoms with E-state index in [4.69, 9.17) is 9.93 Å². The summed E-state index contributed by atoms with van der Waals surface area (Å²) in [4.78, 5) is 8.95. The summed E-state index contributed by atoms with van der Waals surface area (Å²) in [5, 5.41) is 15.1. The maximum Gasteiger partial charge on any atom is 0.435 e. The number of halogens is 6. The van der Waals surface area contributed by atoms with Gasteiger partial charge in [-0.05, 0) is 38.7 Å². The van der Waals surface area contributed by atoms with E-state index < -0.39 is 23.7 Å². The van der Waals surface area contributed by atoms with Crippen LogP contribution in [0.1, 0.15) is 48.4 Å². The minimum Gasteiger partial charge on any atom is -0.337 e. The Morgan fingerprint density at radius 2 is 1.85 bits per heavy atom. The van der Waals surface area contributed by atoms with Crippen LogP contribution in [0.3, 0.4) is 0 Å². The fourth-order valence-corrected chi connectivity index (χ4v) is 4.01. The highest BCUT2D eigenvalue weighted by Gasteiger charge is 2.41. The van der Waals surface area contributed by atoms with E-state index in [1.807, 2.05) is 0 Å². The van der Waals surface area contributed by atoms with Crippen molar-refractivity contribution in [1.29, 1.82) is 5.41 Å². The van der Waals surface area contributed by atoms with Gasteiger partial charge in [0.25, 0.3) is 0 Å². The quantitative estimate of drug-likeness (QED) is 0.510. The molecule has 0 unspecified atom stereocenters. The third-order valence-electron chi connectivity index (χ3n) is 5.50. The van der Waals surface area contributed by atoms with Gasteiger partial charge >= 0.3 is 12.4 Å². The van der Waals surface area contributed by atoms with Gasteiger partial charge in [-0.25, -0.2) is 4.99 Å². The Morgan fingerprint density at radius 3 is 2.50 bits per heavy atom. The van der Waals surface area contributed by atoms with Crippen molar-refractivity contribution in [2.45, 2.75) is 51.5 Å². The predicted octanol–water partition coefficient (Wildman–Crippen LogP) is 4.38. The van der Waals surface area contributed by atoms with Crippen LogP contribution >= 0.6 is 0 Å². The van der Waals surface area contributed by atoms with E-state index >= 15 is 0 Å². The second kappa shape index (κ2) is 8.40. The maximum absolute atomic E-state index is 13.4. The maximum atomic E-state index is 13.4. The Bertz CT molecular complexity index is 1220. The van der Waals surface area contributed by atoms with Gasteiger partial charge in [-0.1, -0.05) is 5.16 Å². The lowest BCUT2D eigenvalue weighted by Crippen LogP contribution is -2.31. The molecule has 34 heavy (non-hydrogen) atoms. The monoisotopic (exact) mass is 487 g/mol. The highest BCUT2D eigenvalue weighted by molar-refractivity contribution is 6.09. The minimum absolute atomic E-state index is 0.0614. The standard InChI is InChI=1S/C20H19F6N7O/c1-10-7-14(19(21,22)23)32(2)18(28-10)12(8-27)17-29-15(34-31-17)9-33-13-6-4-3-5-11(13)16(30-33)20(24,25)26/h7-8,27H,3-6,9H2,1-2H3/b18-12+,27-8?. The number of rotatable bonds is 4. The van der Waals surface area contributed by atoms with Crippen LogP contribution in [0.15, 0.2) is 27.1 Å². The molecule has 0 aromatic carbocycles. The number of fused-ring (bicyclic) bond motifs is 1. The van der Waals surface area contributed by atoms with Crippen LogP contribution in [0.4, 0.5) is 26.3 Å². The fraction of sp³-hybridized carbons (Fsp3) is 0.450. The summed E-state index contributed by atoms with van der Waals surface area (Å²) in [6, 6.07) is 0. The Labute approximate surface area is 189 Å². The zero-order valence-electron chi connectivity index (χ0n) is 18.0. The van der Waals surface area contributed by atoms with Crippen molar-refractivity contribution in [2.24, 2.45) is 4.99 Å². The first kappa shape index (κ1) is 23.7. The molecule has 0 radical (unpaired) electrons. The van der Waals surface area contributed by atoms with E-state index in [1.165, 1.54) is 11.6 Å². The highest BCUT2D eigenvalue weighted by Crippen LogP contribution is 2.37. The van der Waals surface area contributed by atoms with Gasteiger partial charge in [-0.3, -0.25) is 4.68 Å². The molecule has 4 rings (SSSR count). The molecule has 3 heterocycles. The number of nitrogens with one attached hydrogen (secondary N) is 1. The van der Waals surface area contributed by atoms with Crippen molar-refractivity contribution in [3.63, 3.8) is 0 Å². The number of alkyl halides is 6. The lowest BCUT2D eigenvalue weighted by atomic mass is 9.95. The fourth-order valence-electron chi connectivity index (χ4n) is 4.01. The van der Waals surface area contributed by atoms with Gasteiger partial charge < -0.3 is 14.8 Å². The first-order valence-electron chi connectivity index (χ1n) is 10.2. The van der Waals surface area contributed by atoms with Gasteiger partial charge in [0.2, 0.25) is 11.7 Å². The van der Waals surface area contributed by atoms with Gasteiger partial charge in [0.1, 0.15) is 18.1 Å². The molecule has 0 amide bonds. The first-order valence-corrected chi connectivity index (χ1v) is 10.2. The van der Waals surface area contributed by atoms with E-state index in [-0.39, 0.29) is 47.3 Å². The third kappa shape index (κ3) is 4.35. The SMILES string of the molecule is CC1=N/C(=C(/C=N)c2noc(Cn3nc(C(F)(F)F)c4c3CCCC4)n2)N(C)C(C(F)(F)F)=C1. The van der Waals surface area contributed by atoms with E-state index in [0.29, 0.717) is 25.0 Å². The number of hydrogen-bond donors (Lipinski definition) is 1. The number of aromatic nitrogens is 4. The minimum atomic E-state index is -4.66. The summed E-state index contributed by atoms with van der Waals surface area (Å²) < 4.78 is 86.7. The first-order chi connectivity index (χ1) is 15.9. The van der Waals surface area contributed by atoms with Crippen LogP contribution < -0.4 is 0 Å². The molecule has 2 aromatic rings. The van der Waals surface area contributed by atoms with Crippen LogP contribution in [0, 0.1) is 5.41 Å². The number of allylic oxidation sites excluding steroid dienone is 3. The Balaban J connectivity index is 1.69. The summed E-state index contributed by atoms with van der Waals surface area (Å²) in [7, 11) is 1.14. The van der Waals surface area contributed by atoms with Crippen molar-refractivity contribution >= 4 is 17.5 Å². The molecule has 8 nitrogen and oxygen atoms in total. The van der Waals surface area contributed by atoms with Crippen molar-refractivity contribution in [3.8, 4) is 0 Å². The molecule has 0 saturated heterocycles. The van der Waals surface area contributed by atoms with Crippen LogP contribution in [0.2, 0.25) is 0 Å². The molecule has 2 aromatic heterocycles. The third-order valence-corrected chi connectivity index (χ3v) is 5.50. The lowest BCUT2D eigenvalue weighted by molar-refractivity contribution is -0.142. The largest absolute Gasteiger partial charge is 0.435 e. The zero-order valence-corrected chi connectivity index (χ0v) is 18.0. The average Bonchev–Trinajstić information content (AvgIpc) is 3.35. The molecule has 1 aliphatic heterocycles. The van der Waals surface area contributed by atoms with E-state index in [1.54, 1.807) is 0 Å². The molecule has 0 bridgehead atoms. The van der Waals surface area contributed by atoms with Crippen LogP contribution in [-0.2, 0) is 25.6 Å². The molecule has 1 N–H and O–H groups in total. The second-order valence-electron chi connectivity index (χ2n) is 7.87. The number of hydrogen-bond acceptors (Lipinski definition) is 7. The van der Waals surface area contributed by atoms with E-state index in [9.17, 15) is 26.3 Å². The van der Waals surface area contributed by atoms with Gasteiger partial charge in [0.15, 0.2) is 5.69 Å². The van der Waals surface area contributed by atoms with Gasteiger partial charge in [0.05, 0.1) is 5.57 Å². The Kier molecular flexibility index (Phi) is 5.85. The molecular weight excluding hydrogens is 468 g/mol. The van der Waals surface area contributed by atoms with Crippen LogP contribution in [-0.4, -0.2) is 50.0 Å². The van der Waals surface area contributed by atoms with Gasteiger partial charge in [-0.15, -0.1) is 0 Å². The van der Waals surface area contributed by atoms with Crippen molar-refractivity contribution in [2.75, 3.05) is 7.05 Å². The van der Waals surface area contributed by atoms with E-state index in [2.05, 4.69) is 20.2 Å².